The van der Waals surface area contributed by atoms with Gasteiger partial charge in [0.05, 0.1) is 12.7 Å². The fraction of sp³-hybridized carbons (Fsp3) is 0.286. The van der Waals surface area contributed by atoms with Gasteiger partial charge in [-0.15, -0.1) is 0 Å². The van der Waals surface area contributed by atoms with E-state index in [2.05, 4.69) is 9.97 Å². The summed E-state index contributed by atoms with van der Waals surface area (Å²) in [4.78, 5) is 8.62. The number of nitrogens with zero attached hydrogens (tertiary/aromatic N) is 2. The van der Waals surface area contributed by atoms with Crippen LogP contribution in [0, 0.1) is 0 Å². The molecule has 0 aliphatic heterocycles. The summed E-state index contributed by atoms with van der Waals surface area (Å²) in [7, 11) is 1.56. The van der Waals surface area contributed by atoms with E-state index in [1.807, 2.05) is 13.8 Å². The molecule has 0 spiro atoms. The van der Waals surface area contributed by atoms with Crippen LogP contribution in [0.2, 0.25) is 15.3 Å². The van der Waals surface area contributed by atoms with Crippen molar-refractivity contribution in [3.63, 3.8) is 0 Å². The van der Waals surface area contributed by atoms with Gasteiger partial charge in [-0.05, 0) is 24.1 Å². The number of aromatic nitrogens is 2. The summed E-state index contributed by atoms with van der Waals surface area (Å²) in [6.45, 7) is 3.97. The minimum Gasteiger partial charge on any atom is -0.496 e. The second-order valence-corrected chi connectivity index (χ2v) is 5.69. The van der Waals surface area contributed by atoms with Crippen molar-refractivity contribution in [1.82, 2.24) is 9.97 Å². The fourth-order valence-corrected chi connectivity index (χ4v) is 2.85. The van der Waals surface area contributed by atoms with E-state index in [4.69, 9.17) is 39.5 Å². The van der Waals surface area contributed by atoms with Gasteiger partial charge in [0.15, 0.2) is 5.82 Å². The van der Waals surface area contributed by atoms with Crippen molar-refractivity contribution < 1.29 is 4.74 Å². The minimum atomic E-state index is 0.149. The van der Waals surface area contributed by atoms with Crippen LogP contribution >= 0.6 is 34.8 Å². The largest absolute Gasteiger partial charge is 0.496 e. The molecule has 0 N–H and O–H groups in total. The van der Waals surface area contributed by atoms with Crippen LogP contribution in [0.4, 0.5) is 0 Å². The van der Waals surface area contributed by atoms with Crippen LogP contribution in [-0.2, 0) is 0 Å². The lowest BCUT2D eigenvalue weighted by Gasteiger charge is -2.12. The third-order valence-corrected chi connectivity index (χ3v) is 3.65. The first-order valence-corrected chi connectivity index (χ1v) is 7.14. The molecule has 2 aromatic rings. The van der Waals surface area contributed by atoms with Crippen LogP contribution in [0.1, 0.15) is 25.3 Å². The number of benzene rings is 1. The lowest BCUT2D eigenvalue weighted by atomic mass is 10.1. The van der Waals surface area contributed by atoms with Gasteiger partial charge in [-0.2, -0.15) is 0 Å². The van der Waals surface area contributed by atoms with E-state index in [0.717, 1.165) is 5.56 Å². The van der Waals surface area contributed by atoms with Gasteiger partial charge in [0.2, 0.25) is 0 Å². The summed E-state index contributed by atoms with van der Waals surface area (Å²) in [6, 6.07) is 5.21. The smallest absolute Gasteiger partial charge is 0.166 e. The summed E-state index contributed by atoms with van der Waals surface area (Å²) in [5, 5.41) is 1.28. The van der Waals surface area contributed by atoms with Crippen LogP contribution in [0.5, 0.6) is 5.75 Å². The Hall–Kier alpha value is -1.03. The Labute approximate surface area is 132 Å². The molecule has 2 rings (SSSR count). The van der Waals surface area contributed by atoms with Crippen LogP contribution in [0.3, 0.4) is 0 Å². The van der Waals surface area contributed by atoms with Gasteiger partial charge < -0.3 is 4.74 Å². The average Bonchev–Trinajstić information content (AvgIpc) is 2.37. The molecule has 1 aromatic carbocycles. The maximum Gasteiger partial charge on any atom is 0.166 e. The molecule has 3 nitrogen and oxygen atoms in total. The highest BCUT2D eigenvalue weighted by molar-refractivity contribution is 6.34. The lowest BCUT2D eigenvalue weighted by molar-refractivity contribution is 0.416. The van der Waals surface area contributed by atoms with Gasteiger partial charge in [0.1, 0.15) is 16.1 Å². The van der Waals surface area contributed by atoms with Crippen molar-refractivity contribution in [2.45, 2.75) is 19.8 Å². The van der Waals surface area contributed by atoms with Crippen LogP contribution in [0.15, 0.2) is 18.2 Å². The summed E-state index contributed by atoms with van der Waals surface area (Å²) < 4.78 is 5.29. The van der Waals surface area contributed by atoms with Crippen LogP contribution in [0.25, 0.3) is 11.4 Å². The highest BCUT2D eigenvalue weighted by atomic mass is 35.5. The molecule has 106 valence electrons. The Morgan fingerprint density at radius 2 is 1.65 bits per heavy atom. The number of halogens is 3. The van der Waals surface area contributed by atoms with Gasteiger partial charge in [-0.25, -0.2) is 9.97 Å². The van der Waals surface area contributed by atoms with Gasteiger partial charge in [0, 0.05) is 10.6 Å². The molecule has 1 heterocycles. The summed E-state index contributed by atoms with van der Waals surface area (Å²) in [5.74, 6) is 1.14. The molecule has 0 saturated heterocycles. The second-order valence-electron chi connectivity index (χ2n) is 4.54. The number of methoxy groups -OCH3 is 1. The molecule has 0 saturated carbocycles. The fourth-order valence-electron chi connectivity index (χ4n) is 1.86. The molecular weight excluding hydrogens is 319 g/mol. The third-order valence-electron chi connectivity index (χ3n) is 2.83. The maximum absolute atomic E-state index is 6.20. The Bertz CT molecular complexity index is 621. The van der Waals surface area contributed by atoms with Crippen molar-refractivity contribution in [3.8, 4) is 17.1 Å². The molecule has 0 amide bonds. The number of hydrogen-bond acceptors (Lipinski definition) is 3. The Kier molecular flexibility index (Phi) is 4.74. The van der Waals surface area contributed by atoms with Crippen molar-refractivity contribution in [3.05, 3.63) is 39.1 Å². The Morgan fingerprint density at radius 3 is 2.15 bits per heavy atom. The number of ether oxygens (including phenoxy) is 1. The van der Waals surface area contributed by atoms with E-state index in [0.29, 0.717) is 32.5 Å². The first-order chi connectivity index (χ1) is 9.43. The normalized spacial score (nSPS) is 10.9. The lowest BCUT2D eigenvalue weighted by Crippen LogP contribution is -2.00. The first kappa shape index (κ1) is 15.4. The Morgan fingerprint density at radius 1 is 1.05 bits per heavy atom. The van der Waals surface area contributed by atoms with Gasteiger partial charge >= 0.3 is 0 Å². The SMILES string of the molecule is COc1cc(Cl)ccc1-c1nc(Cl)c(C(C)C)c(Cl)n1. The van der Waals surface area contributed by atoms with E-state index in [1.165, 1.54) is 0 Å². The standard InChI is InChI=1S/C14H13Cl3N2O/c1-7(2)11-12(16)18-14(19-13(11)17)9-5-4-8(15)6-10(9)20-3/h4-7H,1-3H3. The van der Waals surface area contributed by atoms with Gasteiger partial charge in [0.25, 0.3) is 0 Å². The maximum atomic E-state index is 6.20. The zero-order valence-corrected chi connectivity index (χ0v) is 13.5. The van der Waals surface area contributed by atoms with Gasteiger partial charge in [-0.1, -0.05) is 48.7 Å². The highest BCUT2D eigenvalue weighted by Crippen LogP contribution is 2.35. The molecule has 0 unspecified atom stereocenters. The zero-order chi connectivity index (χ0) is 14.9. The first-order valence-electron chi connectivity index (χ1n) is 6.01. The zero-order valence-electron chi connectivity index (χ0n) is 11.2. The van der Waals surface area contributed by atoms with E-state index in [-0.39, 0.29) is 5.92 Å². The molecule has 20 heavy (non-hydrogen) atoms. The molecule has 0 aliphatic rings. The molecule has 6 heteroatoms. The minimum absolute atomic E-state index is 0.149. The predicted octanol–water partition coefficient (Wildman–Crippen LogP) is 5.24. The van der Waals surface area contributed by atoms with E-state index < -0.39 is 0 Å². The molecule has 1 aromatic heterocycles. The van der Waals surface area contributed by atoms with Crippen molar-refractivity contribution >= 4 is 34.8 Å². The Balaban J connectivity index is 2.60. The van der Waals surface area contributed by atoms with E-state index in [1.54, 1.807) is 25.3 Å². The van der Waals surface area contributed by atoms with Crippen molar-refractivity contribution in [1.29, 1.82) is 0 Å². The van der Waals surface area contributed by atoms with Crippen molar-refractivity contribution in [2.75, 3.05) is 7.11 Å². The molecule has 0 aliphatic carbocycles. The summed E-state index contributed by atoms with van der Waals surface area (Å²) in [5.41, 5.74) is 1.43. The van der Waals surface area contributed by atoms with Gasteiger partial charge in [-0.3, -0.25) is 0 Å². The van der Waals surface area contributed by atoms with Crippen molar-refractivity contribution in [2.24, 2.45) is 0 Å². The molecular formula is C14H13Cl3N2O. The van der Waals surface area contributed by atoms with E-state index >= 15 is 0 Å². The molecule has 0 radical (unpaired) electrons. The predicted molar refractivity (Wildman–Crippen MR) is 83.1 cm³/mol. The van der Waals surface area contributed by atoms with Crippen LogP contribution < -0.4 is 4.74 Å². The van der Waals surface area contributed by atoms with E-state index in [9.17, 15) is 0 Å². The second kappa shape index (κ2) is 6.17. The highest BCUT2D eigenvalue weighted by Gasteiger charge is 2.17. The molecule has 0 fully saturated rings. The number of rotatable bonds is 3. The molecule has 0 bridgehead atoms. The third kappa shape index (κ3) is 3.00. The van der Waals surface area contributed by atoms with Crippen LogP contribution in [-0.4, -0.2) is 17.1 Å². The summed E-state index contributed by atoms with van der Waals surface area (Å²) in [6.07, 6.45) is 0. The molecule has 0 atom stereocenters. The topological polar surface area (TPSA) is 35.0 Å². The number of hydrogen-bond donors (Lipinski definition) is 0. The monoisotopic (exact) mass is 330 g/mol. The average molecular weight is 332 g/mol. The quantitative estimate of drug-likeness (QED) is 0.722. The summed E-state index contributed by atoms with van der Waals surface area (Å²) >= 11 is 18.3.